The van der Waals surface area contributed by atoms with Crippen molar-refractivity contribution in [2.75, 3.05) is 7.11 Å². The van der Waals surface area contributed by atoms with E-state index in [9.17, 15) is 14.9 Å². The van der Waals surface area contributed by atoms with E-state index < -0.39 is 10.9 Å². The molecule has 0 saturated heterocycles. The monoisotopic (exact) mass is 220 g/mol. The molecule has 82 valence electrons. The SMILES string of the molecule is COC(=O)c1cc(C)c([N+](=O)[O-])cc1C#N. The maximum Gasteiger partial charge on any atom is 0.339 e. The molecule has 0 aliphatic heterocycles. The zero-order valence-electron chi connectivity index (χ0n) is 8.68. The molecule has 6 heteroatoms. The number of hydrogen-bond acceptors (Lipinski definition) is 5. The Morgan fingerprint density at radius 3 is 2.62 bits per heavy atom. The third-order valence-corrected chi connectivity index (χ3v) is 2.06. The van der Waals surface area contributed by atoms with E-state index in [1.54, 1.807) is 6.07 Å². The average molecular weight is 220 g/mol. The lowest BCUT2D eigenvalue weighted by Crippen LogP contribution is -2.06. The number of ether oxygens (including phenoxy) is 1. The molecule has 0 heterocycles. The fourth-order valence-corrected chi connectivity index (χ4v) is 1.26. The van der Waals surface area contributed by atoms with Gasteiger partial charge in [-0.2, -0.15) is 5.26 Å². The highest BCUT2D eigenvalue weighted by atomic mass is 16.6. The fourth-order valence-electron chi connectivity index (χ4n) is 1.26. The van der Waals surface area contributed by atoms with Crippen LogP contribution in [0.25, 0.3) is 0 Å². The first-order valence-electron chi connectivity index (χ1n) is 4.28. The van der Waals surface area contributed by atoms with Crippen LogP contribution in [-0.4, -0.2) is 18.0 Å². The molecule has 0 aromatic heterocycles. The van der Waals surface area contributed by atoms with Crippen LogP contribution in [0.2, 0.25) is 0 Å². The molecule has 0 radical (unpaired) electrons. The molecular weight excluding hydrogens is 212 g/mol. The van der Waals surface area contributed by atoms with E-state index in [0.717, 1.165) is 6.07 Å². The van der Waals surface area contributed by atoms with E-state index in [0.29, 0.717) is 5.56 Å². The number of nitriles is 1. The Kier molecular flexibility index (Phi) is 3.20. The second kappa shape index (κ2) is 4.40. The Balaban J connectivity index is 3.45. The molecule has 0 atom stereocenters. The highest BCUT2D eigenvalue weighted by Crippen LogP contribution is 2.23. The van der Waals surface area contributed by atoms with Crippen molar-refractivity contribution in [2.45, 2.75) is 6.92 Å². The Morgan fingerprint density at radius 1 is 1.56 bits per heavy atom. The molecule has 0 spiro atoms. The fraction of sp³-hybridized carbons (Fsp3) is 0.200. The number of nitrogens with zero attached hydrogens (tertiary/aromatic N) is 2. The van der Waals surface area contributed by atoms with E-state index >= 15 is 0 Å². The third-order valence-electron chi connectivity index (χ3n) is 2.06. The maximum atomic E-state index is 11.3. The van der Waals surface area contributed by atoms with Gasteiger partial charge in [0.2, 0.25) is 0 Å². The summed E-state index contributed by atoms with van der Waals surface area (Å²) in [5.41, 5.74) is 0.0888. The van der Waals surface area contributed by atoms with E-state index in [4.69, 9.17) is 5.26 Å². The predicted octanol–water partition coefficient (Wildman–Crippen LogP) is 1.56. The molecule has 1 aromatic rings. The normalized spacial score (nSPS) is 9.31. The first kappa shape index (κ1) is 11.7. The van der Waals surface area contributed by atoms with E-state index in [-0.39, 0.29) is 16.8 Å². The third kappa shape index (κ3) is 1.98. The van der Waals surface area contributed by atoms with Crippen LogP contribution in [0.1, 0.15) is 21.5 Å². The van der Waals surface area contributed by atoms with Crippen molar-refractivity contribution in [3.8, 4) is 6.07 Å². The van der Waals surface area contributed by atoms with Gasteiger partial charge in [0.25, 0.3) is 5.69 Å². The van der Waals surface area contributed by atoms with Gasteiger partial charge in [0.05, 0.1) is 23.2 Å². The Hall–Kier alpha value is -2.42. The summed E-state index contributed by atoms with van der Waals surface area (Å²) < 4.78 is 4.47. The summed E-state index contributed by atoms with van der Waals surface area (Å²) in [6, 6.07) is 4.08. The Bertz CT molecular complexity index is 502. The molecule has 0 N–H and O–H groups in total. The highest BCUT2D eigenvalue weighted by molar-refractivity contribution is 5.93. The number of carbonyl (C=O) groups excluding carboxylic acids is 1. The first-order valence-corrected chi connectivity index (χ1v) is 4.28. The van der Waals surface area contributed by atoms with Crippen LogP contribution < -0.4 is 0 Å². The number of methoxy groups -OCH3 is 1. The lowest BCUT2D eigenvalue weighted by Gasteiger charge is -2.03. The van der Waals surface area contributed by atoms with Gasteiger partial charge in [-0.15, -0.1) is 0 Å². The summed E-state index contributed by atoms with van der Waals surface area (Å²) in [4.78, 5) is 21.3. The summed E-state index contributed by atoms with van der Waals surface area (Å²) in [7, 11) is 1.18. The van der Waals surface area contributed by atoms with E-state index in [2.05, 4.69) is 4.74 Å². The van der Waals surface area contributed by atoms with Gasteiger partial charge in [-0.25, -0.2) is 4.79 Å². The van der Waals surface area contributed by atoms with Crippen molar-refractivity contribution >= 4 is 11.7 Å². The van der Waals surface area contributed by atoms with Crippen LogP contribution in [0, 0.1) is 28.4 Å². The smallest absolute Gasteiger partial charge is 0.339 e. The molecule has 1 aromatic carbocycles. The number of nitro benzene ring substituents is 1. The molecule has 0 unspecified atom stereocenters. The number of aryl methyl sites for hydroxylation is 1. The number of esters is 1. The van der Waals surface area contributed by atoms with Crippen LogP contribution in [0.15, 0.2) is 12.1 Å². The second-order valence-electron chi connectivity index (χ2n) is 3.04. The molecule has 0 fully saturated rings. The molecule has 6 nitrogen and oxygen atoms in total. The first-order chi connectivity index (χ1) is 7.51. The predicted molar refractivity (Wildman–Crippen MR) is 53.9 cm³/mol. The quantitative estimate of drug-likeness (QED) is 0.428. The van der Waals surface area contributed by atoms with Crippen LogP contribution in [0.4, 0.5) is 5.69 Å². The summed E-state index contributed by atoms with van der Waals surface area (Å²) in [5.74, 6) is -0.686. The van der Waals surface area contributed by atoms with Gasteiger partial charge in [0.1, 0.15) is 6.07 Å². The summed E-state index contributed by atoms with van der Waals surface area (Å²) in [6.45, 7) is 1.49. The standard InChI is InChI=1S/C10H8N2O4/c1-6-3-8(10(13)16-2)7(5-11)4-9(6)12(14)15/h3-4H,1-2H3. The highest BCUT2D eigenvalue weighted by Gasteiger charge is 2.19. The van der Waals surface area contributed by atoms with Crippen molar-refractivity contribution < 1.29 is 14.5 Å². The van der Waals surface area contributed by atoms with Crippen molar-refractivity contribution in [3.05, 3.63) is 38.9 Å². The largest absolute Gasteiger partial charge is 0.465 e. The summed E-state index contributed by atoms with van der Waals surface area (Å²) in [5, 5.41) is 19.4. The van der Waals surface area contributed by atoms with Gasteiger partial charge in [0, 0.05) is 11.6 Å². The van der Waals surface area contributed by atoms with Crippen LogP contribution in [-0.2, 0) is 4.74 Å². The second-order valence-corrected chi connectivity index (χ2v) is 3.04. The van der Waals surface area contributed by atoms with Crippen LogP contribution in [0.3, 0.4) is 0 Å². The molecule has 0 amide bonds. The minimum atomic E-state index is -0.686. The minimum absolute atomic E-state index is 0.0353. The van der Waals surface area contributed by atoms with Gasteiger partial charge in [0.15, 0.2) is 0 Å². The molecular formula is C10H8N2O4. The lowest BCUT2D eigenvalue weighted by atomic mass is 10.0. The summed E-state index contributed by atoms with van der Waals surface area (Å²) >= 11 is 0. The summed E-state index contributed by atoms with van der Waals surface area (Å²) in [6.07, 6.45) is 0. The molecule has 16 heavy (non-hydrogen) atoms. The molecule has 1 rings (SSSR count). The van der Waals surface area contributed by atoms with Crippen molar-refractivity contribution in [3.63, 3.8) is 0 Å². The Labute approximate surface area is 91.2 Å². The number of carbonyl (C=O) groups is 1. The van der Waals surface area contributed by atoms with E-state index in [1.165, 1.54) is 20.1 Å². The number of benzene rings is 1. The molecule has 0 aliphatic carbocycles. The van der Waals surface area contributed by atoms with E-state index in [1.807, 2.05) is 0 Å². The zero-order chi connectivity index (χ0) is 12.3. The molecule has 0 bridgehead atoms. The topological polar surface area (TPSA) is 93.2 Å². The Morgan fingerprint density at radius 2 is 2.19 bits per heavy atom. The molecule has 0 aliphatic rings. The van der Waals surface area contributed by atoms with Gasteiger partial charge >= 0.3 is 5.97 Å². The number of nitro groups is 1. The maximum absolute atomic E-state index is 11.3. The van der Waals surface area contributed by atoms with Crippen molar-refractivity contribution in [2.24, 2.45) is 0 Å². The molecule has 0 saturated carbocycles. The van der Waals surface area contributed by atoms with Crippen molar-refractivity contribution in [1.29, 1.82) is 5.26 Å². The van der Waals surface area contributed by atoms with Crippen LogP contribution >= 0.6 is 0 Å². The minimum Gasteiger partial charge on any atom is -0.465 e. The average Bonchev–Trinajstić information content (AvgIpc) is 2.27. The zero-order valence-corrected chi connectivity index (χ0v) is 8.68. The number of hydrogen-bond donors (Lipinski definition) is 0. The van der Waals surface area contributed by atoms with Gasteiger partial charge in [-0.3, -0.25) is 10.1 Å². The number of rotatable bonds is 2. The van der Waals surface area contributed by atoms with Gasteiger partial charge in [-0.05, 0) is 13.0 Å². The van der Waals surface area contributed by atoms with Crippen molar-refractivity contribution in [1.82, 2.24) is 0 Å². The van der Waals surface area contributed by atoms with Gasteiger partial charge < -0.3 is 4.74 Å². The lowest BCUT2D eigenvalue weighted by molar-refractivity contribution is -0.385. The van der Waals surface area contributed by atoms with Gasteiger partial charge in [-0.1, -0.05) is 0 Å². The van der Waals surface area contributed by atoms with Crippen LogP contribution in [0.5, 0.6) is 0 Å².